The minimum Gasteiger partial charge on any atom is -0.448 e. The van der Waals surface area contributed by atoms with Gasteiger partial charge in [0.2, 0.25) is 0 Å². The van der Waals surface area contributed by atoms with Crippen LogP contribution < -0.4 is 10.9 Å². The number of hydrogen-bond donors (Lipinski definition) is 2. The molecule has 8 heteroatoms. The van der Waals surface area contributed by atoms with Gasteiger partial charge in [-0.2, -0.15) is 0 Å². The lowest BCUT2D eigenvalue weighted by Crippen LogP contribution is -2.41. The summed E-state index contributed by atoms with van der Waals surface area (Å²) in [7, 11) is 0. The van der Waals surface area contributed by atoms with Gasteiger partial charge in [-0.15, -0.1) is 0 Å². The maximum absolute atomic E-state index is 12.9. The number of amides is 2. The Kier molecular flexibility index (Phi) is 7.44. The first kappa shape index (κ1) is 19.8. The van der Waals surface area contributed by atoms with Crippen LogP contribution in [-0.4, -0.2) is 18.6 Å². The molecule has 0 bridgehead atoms. The Hall–Kier alpha value is -2.57. The van der Waals surface area contributed by atoms with Crippen molar-refractivity contribution in [1.82, 2.24) is 10.9 Å². The number of nitrogens with one attached hydrogen (secondary N) is 2. The molecule has 2 aromatic carbocycles. The lowest BCUT2D eigenvalue weighted by Gasteiger charge is -2.08. The zero-order valence-electron chi connectivity index (χ0n) is 13.5. The van der Waals surface area contributed by atoms with E-state index in [0.29, 0.717) is 17.0 Å². The van der Waals surface area contributed by atoms with Crippen LogP contribution in [0.3, 0.4) is 0 Å². The van der Waals surface area contributed by atoms with Gasteiger partial charge in [-0.05, 0) is 35.4 Å². The number of halogens is 3. The van der Waals surface area contributed by atoms with Gasteiger partial charge in [-0.3, -0.25) is 10.2 Å². The van der Waals surface area contributed by atoms with E-state index in [1.165, 1.54) is 18.2 Å². The zero-order chi connectivity index (χ0) is 18.9. The molecular weight excluding hydrogens is 382 g/mol. The molecule has 5 nitrogen and oxygen atoms in total. The van der Waals surface area contributed by atoms with E-state index in [1.54, 1.807) is 6.07 Å². The van der Waals surface area contributed by atoms with Crippen LogP contribution in [0.1, 0.15) is 11.1 Å². The number of rotatable bonds is 5. The molecule has 26 heavy (non-hydrogen) atoms. The molecule has 2 N–H and O–H groups in total. The molecule has 0 aliphatic carbocycles. The van der Waals surface area contributed by atoms with Crippen LogP contribution in [0.2, 0.25) is 10.0 Å². The topological polar surface area (TPSA) is 67.4 Å². The van der Waals surface area contributed by atoms with Crippen LogP contribution >= 0.6 is 23.2 Å². The SMILES string of the molecule is O=C(/C=C/c1ccc(F)cc1Cl)NNC(=O)OCCc1ccccc1Cl. The maximum atomic E-state index is 12.9. The minimum atomic E-state index is -0.807. The average molecular weight is 397 g/mol. The van der Waals surface area contributed by atoms with Crippen LogP contribution in [0.5, 0.6) is 0 Å². The van der Waals surface area contributed by atoms with E-state index in [-0.39, 0.29) is 11.6 Å². The van der Waals surface area contributed by atoms with Gasteiger partial charge in [-0.1, -0.05) is 47.5 Å². The van der Waals surface area contributed by atoms with Gasteiger partial charge >= 0.3 is 6.09 Å². The molecule has 2 rings (SSSR count). The number of hydrogen-bond acceptors (Lipinski definition) is 3. The predicted molar refractivity (Wildman–Crippen MR) is 98.2 cm³/mol. The third-order valence-electron chi connectivity index (χ3n) is 3.23. The number of carbonyl (C=O) groups excluding carboxylic acids is 2. The molecule has 0 aliphatic rings. The van der Waals surface area contributed by atoms with Crippen molar-refractivity contribution in [2.45, 2.75) is 6.42 Å². The standard InChI is InChI=1S/C18H15Cl2FN2O3/c19-15-4-2-1-3-12(15)9-10-26-18(25)23-22-17(24)8-6-13-5-7-14(21)11-16(13)20/h1-8,11H,9-10H2,(H,22,24)(H,23,25)/b8-6+. The molecule has 0 saturated heterocycles. The van der Waals surface area contributed by atoms with Gasteiger partial charge in [0.25, 0.3) is 5.91 Å². The van der Waals surface area contributed by atoms with Gasteiger partial charge < -0.3 is 4.74 Å². The third-order valence-corrected chi connectivity index (χ3v) is 3.92. The lowest BCUT2D eigenvalue weighted by atomic mass is 10.2. The Morgan fingerprint density at radius 1 is 1.08 bits per heavy atom. The average Bonchev–Trinajstić information content (AvgIpc) is 2.61. The second-order valence-corrected chi connectivity index (χ2v) is 5.91. The highest BCUT2D eigenvalue weighted by molar-refractivity contribution is 6.32. The molecule has 2 aromatic rings. The summed E-state index contributed by atoms with van der Waals surface area (Å²) in [4.78, 5) is 23.2. The zero-order valence-corrected chi connectivity index (χ0v) is 15.0. The van der Waals surface area contributed by atoms with Crippen molar-refractivity contribution in [2.24, 2.45) is 0 Å². The largest absolute Gasteiger partial charge is 0.448 e. The van der Waals surface area contributed by atoms with E-state index in [0.717, 1.165) is 17.7 Å². The van der Waals surface area contributed by atoms with Crippen molar-refractivity contribution >= 4 is 41.3 Å². The van der Waals surface area contributed by atoms with Crippen molar-refractivity contribution in [3.8, 4) is 0 Å². The summed E-state index contributed by atoms with van der Waals surface area (Å²) in [6.07, 6.45) is 2.17. The summed E-state index contributed by atoms with van der Waals surface area (Å²) in [6, 6.07) is 11.0. The van der Waals surface area contributed by atoms with E-state index >= 15 is 0 Å². The van der Waals surface area contributed by atoms with Gasteiger partial charge in [0.1, 0.15) is 5.82 Å². The van der Waals surface area contributed by atoms with Gasteiger partial charge in [0.05, 0.1) is 11.6 Å². The van der Waals surface area contributed by atoms with Crippen molar-refractivity contribution in [3.05, 3.63) is 75.5 Å². The molecule has 0 aromatic heterocycles. The summed E-state index contributed by atoms with van der Waals surface area (Å²) >= 11 is 11.8. The van der Waals surface area contributed by atoms with Crippen molar-refractivity contribution in [3.63, 3.8) is 0 Å². The summed E-state index contributed by atoms with van der Waals surface area (Å²) in [5, 5.41) is 0.760. The van der Waals surface area contributed by atoms with E-state index in [1.807, 2.05) is 18.2 Å². The second kappa shape index (κ2) is 9.79. The predicted octanol–water partition coefficient (Wildman–Crippen LogP) is 4.15. The quantitative estimate of drug-likeness (QED) is 0.589. The fourth-order valence-corrected chi connectivity index (χ4v) is 2.41. The second-order valence-electron chi connectivity index (χ2n) is 5.09. The fourth-order valence-electron chi connectivity index (χ4n) is 1.95. The first-order valence-corrected chi connectivity index (χ1v) is 8.30. The van der Waals surface area contributed by atoms with Crippen molar-refractivity contribution in [2.75, 3.05) is 6.61 Å². The van der Waals surface area contributed by atoms with Gasteiger partial charge in [0, 0.05) is 17.5 Å². The van der Waals surface area contributed by atoms with E-state index in [9.17, 15) is 14.0 Å². The van der Waals surface area contributed by atoms with Crippen LogP contribution in [0.25, 0.3) is 6.08 Å². The monoisotopic (exact) mass is 396 g/mol. The number of ether oxygens (including phenoxy) is 1. The Bertz CT molecular complexity index is 828. The van der Waals surface area contributed by atoms with E-state index in [4.69, 9.17) is 27.9 Å². The van der Waals surface area contributed by atoms with E-state index < -0.39 is 17.8 Å². The molecule has 0 spiro atoms. The third kappa shape index (κ3) is 6.38. The summed E-state index contributed by atoms with van der Waals surface area (Å²) in [5.41, 5.74) is 5.57. The minimum absolute atomic E-state index is 0.104. The van der Waals surface area contributed by atoms with E-state index in [2.05, 4.69) is 10.9 Å². The van der Waals surface area contributed by atoms with Crippen molar-refractivity contribution in [1.29, 1.82) is 0 Å². The highest BCUT2D eigenvalue weighted by Gasteiger charge is 2.05. The molecule has 0 heterocycles. The Morgan fingerprint density at radius 3 is 2.58 bits per heavy atom. The summed E-state index contributed by atoms with van der Waals surface area (Å²) in [5.74, 6) is -1.08. The number of hydrazine groups is 1. The highest BCUT2D eigenvalue weighted by Crippen LogP contribution is 2.18. The van der Waals surface area contributed by atoms with Crippen LogP contribution in [0, 0.1) is 5.82 Å². The lowest BCUT2D eigenvalue weighted by molar-refractivity contribution is -0.117. The number of benzene rings is 2. The van der Waals surface area contributed by atoms with Crippen LogP contribution in [0.4, 0.5) is 9.18 Å². The molecule has 2 amide bonds. The maximum Gasteiger partial charge on any atom is 0.426 e. The molecule has 0 radical (unpaired) electrons. The summed E-state index contributed by atoms with van der Waals surface area (Å²) < 4.78 is 17.9. The summed E-state index contributed by atoms with van der Waals surface area (Å²) in [6.45, 7) is 0.104. The van der Waals surface area contributed by atoms with Gasteiger partial charge in [0.15, 0.2) is 0 Å². The smallest absolute Gasteiger partial charge is 0.426 e. The highest BCUT2D eigenvalue weighted by atomic mass is 35.5. The molecule has 0 unspecified atom stereocenters. The number of carbonyl (C=O) groups is 2. The van der Waals surface area contributed by atoms with Gasteiger partial charge in [-0.25, -0.2) is 14.6 Å². The molecule has 0 aliphatic heterocycles. The Labute approximate surface area is 159 Å². The molecule has 136 valence electrons. The Morgan fingerprint density at radius 2 is 1.85 bits per heavy atom. The molecule has 0 fully saturated rings. The molecule has 0 saturated carbocycles. The Balaban J connectivity index is 1.72. The van der Waals surface area contributed by atoms with Crippen LogP contribution in [-0.2, 0) is 16.0 Å². The first-order valence-electron chi connectivity index (χ1n) is 7.55. The molecular formula is C18H15Cl2FN2O3. The van der Waals surface area contributed by atoms with Crippen molar-refractivity contribution < 1.29 is 18.7 Å². The normalized spacial score (nSPS) is 10.6. The first-order chi connectivity index (χ1) is 12.5. The molecule has 0 atom stereocenters. The fraction of sp³-hybridized carbons (Fsp3) is 0.111. The van der Waals surface area contributed by atoms with Crippen LogP contribution in [0.15, 0.2) is 48.5 Å².